The van der Waals surface area contributed by atoms with Crippen LogP contribution in [0.15, 0.2) is 0 Å². The fourth-order valence-electron chi connectivity index (χ4n) is 2.58. The molecular formula is C10H20N2O3S. The van der Waals surface area contributed by atoms with Crippen LogP contribution >= 0.6 is 0 Å². The molecule has 0 aromatic rings. The number of nitrogens with one attached hydrogen (secondary N) is 1. The van der Waals surface area contributed by atoms with Crippen LogP contribution < -0.4 is 5.32 Å². The molecule has 0 spiro atoms. The smallest absolute Gasteiger partial charge is 0.216 e. The van der Waals surface area contributed by atoms with Gasteiger partial charge < -0.3 is 10.1 Å². The molecule has 2 fully saturated rings. The molecule has 2 atom stereocenters. The van der Waals surface area contributed by atoms with Crippen LogP contribution in [-0.2, 0) is 14.8 Å². The molecule has 5 nitrogen and oxygen atoms in total. The Labute approximate surface area is 97.2 Å². The summed E-state index contributed by atoms with van der Waals surface area (Å²) in [6, 6.07) is 0.187. The summed E-state index contributed by atoms with van der Waals surface area (Å²) >= 11 is 0. The second kappa shape index (κ2) is 5.00. The van der Waals surface area contributed by atoms with Crippen molar-refractivity contribution in [3.8, 4) is 0 Å². The van der Waals surface area contributed by atoms with E-state index in [4.69, 9.17) is 4.74 Å². The summed E-state index contributed by atoms with van der Waals surface area (Å²) in [5, 5.41) is 3.26. The third-order valence-electron chi connectivity index (χ3n) is 3.44. The number of hydrogen-bond acceptors (Lipinski definition) is 4. The van der Waals surface area contributed by atoms with Gasteiger partial charge in [0, 0.05) is 25.7 Å². The first kappa shape index (κ1) is 12.3. The highest BCUT2D eigenvalue weighted by atomic mass is 32.2. The van der Waals surface area contributed by atoms with Gasteiger partial charge in [0.25, 0.3) is 0 Å². The summed E-state index contributed by atoms with van der Waals surface area (Å²) in [5.74, 6) is 0.631. The lowest BCUT2D eigenvalue weighted by Gasteiger charge is -2.22. The Hall–Kier alpha value is -0.170. The minimum absolute atomic E-state index is 0.115. The zero-order valence-corrected chi connectivity index (χ0v) is 10.5. The molecule has 6 heteroatoms. The third-order valence-corrected chi connectivity index (χ3v) is 5.29. The first-order chi connectivity index (χ1) is 7.65. The normalized spacial score (nSPS) is 30.8. The second-order valence-corrected chi connectivity index (χ2v) is 6.44. The molecule has 0 unspecified atom stereocenters. The lowest BCUT2D eigenvalue weighted by molar-refractivity contribution is 0.162. The van der Waals surface area contributed by atoms with Crippen molar-refractivity contribution >= 4 is 10.0 Å². The molecule has 0 aliphatic carbocycles. The Morgan fingerprint density at radius 1 is 1.44 bits per heavy atom. The van der Waals surface area contributed by atoms with Crippen LogP contribution in [0.4, 0.5) is 0 Å². The van der Waals surface area contributed by atoms with Crippen molar-refractivity contribution in [2.24, 2.45) is 5.92 Å². The predicted octanol–water partition coefficient (Wildman–Crippen LogP) is -0.354. The highest BCUT2D eigenvalue weighted by Gasteiger charge is 2.42. The highest BCUT2D eigenvalue weighted by Crippen LogP contribution is 2.29. The van der Waals surface area contributed by atoms with E-state index in [0.717, 1.165) is 19.5 Å². The Kier molecular flexibility index (Phi) is 3.84. The van der Waals surface area contributed by atoms with Gasteiger partial charge in [0.2, 0.25) is 10.0 Å². The van der Waals surface area contributed by atoms with Gasteiger partial charge in [0.1, 0.15) is 0 Å². The Balaban J connectivity index is 1.95. The average Bonchev–Trinajstić information content (AvgIpc) is 2.77. The van der Waals surface area contributed by atoms with E-state index in [2.05, 4.69) is 5.32 Å². The molecule has 0 aromatic heterocycles. The van der Waals surface area contributed by atoms with Crippen molar-refractivity contribution in [2.45, 2.75) is 19.4 Å². The van der Waals surface area contributed by atoms with Gasteiger partial charge >= 0.3 is 0 Å². The lowest BCUT2D eigenvalue weighted by atomic mass is 10.1. The van der Waals surface area contributed by atoms with E-state index in [1.54, 1.807) is 4.31 Å². The summed E-state index contributed by atoms with van der Waals surface area (Å²) in [6.07, 6.45) is 0.992. The van der Waals surface area contributed by atoms with Crippen LogP contribution in [0.3, 0.4) is 0 Å². The Morgan fingerprint density at radius 3 is 3.00 bits per heavy atom. The molecule has 2 saturated heterocycles. The van der Waals surface area contributed by atoms with Crippen LogP contribution in [0.25, 0.3) is 0 Å². The van der Waals surface area contributed by atoms with Crippen LogP contribution in [0.5, 0.6) is 0 Å². The number of ether oxygens (including phenoxy) is 1. The highest BCUT2D eigenvalue weighted by molar-refractivity contribution is 7.89. The van der Waals surface area contributed by atoms with Gasteiger partial charge in [-0.3, -0.25) is 0 Å². The summed E-state index contributed by atoms with van der Waals surface area (Å²) < 4.78 is 30.9. The fraction of sp³-hybridized carbons (Fsp3) is 1.00. The van der Waals surface area contributed by atoms with Crippen LogP contribution in [0.2, 0.25) is 0 Å². The van der Waals surface area contributed by atoms with Crippen LogP contribution in [0.1, 0.15) is 13.3 Å². The first-order valence-corrected chi connectivity index (χ1v) is 7.54. The zero-order chi connectivity index (χ0) is 11.6. The van der Waals surface area contributed by atoms with E-state index in [1.807, 2.05) is 6.92 Å². The lowest BCUT2D eigenvalue weighted by Crippen LogP contribution is -2.41. The van der Waals surface area contributed by atoms with Gasteiger partial charge in [-0.2, -0.15) is 4.31 Å². The van der Waals surface area contributed by atoms with Crippen molar-refractivity contribution in [3.63, 3.8) is 0 Å². The summed E-state index contributed by atoms with van der Waals surface area (Å²) in [6.45, 7) is 5.20. The molecule has 0 saturated carbocycles. The maximum absolute atomic E-state index is 12.1. The fourth-order valence-corrected chi connectivity index (χ4v) is 4.19. The maximum Gasteiger partial charge on any atom is 0.216 e. The molecule has 0 radical (unpaired) electrons. The van der Waals surface area contributed by atoms with Gasteiger partial charge in [-0.1, -0.05) is 0 Å². The quantitative estimate of drug-likeness (QED) is 0.676. The van der Waals surface area contributed by atoms with Gasteiger partial charge in [-0.15, -0.1) is 0 Å². The largest absolute Gasteiger partial charge is 0.381 e. The van der Waals surface area contributed by atoms with Crippen molar-refractivity contribution in [1.29, 1.82) is 0 Å². The maximum atomic E-state index is 12.1. The summed E-state index contributed by atoms with van der Waals surface area (Å²) in [4.78, 5) is 0. The van der Waals surface area contributed by atoms with Gasteiger partial charge in [-0.25, -0.2) is 8.42 Å². The molecular weight excluding hydrogens is 228 g/mol. The minimum Gasteiger partial charge on any atom is -0.381 e. The van der Waals surface area contributed by atoms with Gasteiger partial charge in [-0.05, 0) is 25.8 Å². The molecule has 0 bridgehead atoms. The Morgan fingerprint density at radius 2 is 2.25 bits per heavy atom. The molecule has 0 aromatic carbocycles. The molecule has 2 aliphatic rings. The molecule has 2 aliphatic heterocycles. The first-order valence-electron chi connectivity index (χ1n) is 5.93. The molecule has 2 heterocycles. The van der Waals surface area contributed by atoms with E-state index in [-0.39, 0.29) is 11.8 Å². The average molecular weight is 248 g/mol. The van der Waals surface area contributed by atoms with E-state index in [0.29, 0.717) is 25.7 Å². The van der Waals surface area contributed by atoms with Crippen molar-refractivity contribution in [2.75, 3.05) is 38.6 Å². The van der Waals surface area contributed by atoms with Gasteiger partial charge in [0.15, 0.2) is 0 Å². The number of sulfonamides is 1. The van der Waals surface area contributed by atoms with Crippen molar-refractivity contribution < 1.29 is 13.2 Å². The third kappa shape index (κ3) is 2.40. The zero-order valence-electron chi connectivity index (χ0n) is 9.68. The van der Waals surface area contributed by atoms with Crippen LogP contribution in [0, 0.1) is 5.92 Å². The molecule has 16 heavy (non-hydrogen) atoms. The number of hydrogen-bond donors (Lipinski definition) is 1. The standard InChI is InChI=1S/C10H20N2O3S/c1-2-15-5-6-16(13,14)12-4-3-9-7-11-8-10(9)12/h9-11H,2-8H2,1H3/t9-,10+/m0/s1. The number of rotatable bonds is 5. The summed E-state index contributed by atoms with van der Waals surface area (Å²) in [5.41, 5.74) is 0. The van der Waals surface area contributed by atoms with E-state index >= 15 is 0 Å². The molecule has 0 amide bonds. The predicted molar refractivity (Wildman–Crippen MR) is 61.8 cm³/mol. The Bertz CT molecular complexity index is 331. The van der Waals surface area contributed by atoms with E-state index in [9.17, 15) is 8.42 Å². The number of nitrogens with zero attached hydrogens (tertiary/aromatic N) is 1. The van der Waals surface area contributed by atoms with E-state index < -0.39 is 10.0 Å². The van der Waals surface area contributed by atoms with Crippen molar-refractivity contribution in [1.82, 2.24) is 9.62 Å². The second-order valence-electron chi connectivity index (χ2n) is 4.40. The number of fused-ring (bicyclic) bond motifs is 1. The minimum atomic E-state index is -3.12. The van der Waals surface area contributed by atoms with Gasteiger partial charge in [0.05, 0.1) is 12.4 Å². The van der Waals surface area contributed by atoms with Crippen molar-refractivity contribution in [3.05, 3.63) is 0 Å². The topological polar surface area (TPSA) is 58.6 Å². The van der Waals surface area contributed by atoms with Crippen LogP contribution in [-0.4, -0.2) is 57.4 Å². The van der Waals surface area contributed by atoms with E-state index in [1.165, 1.54) is 0 Å². The monoisotopic (exact) mass is 248 g/mol. The molecule has 2 rings (SSSR count). The molecule has 94 valence electrons. The summed E-state index contributed by atoms with van der Waals surface area (Å²) in [7, 11) is -3.12. The molecule has 1 N–H and O–H groups in total. The SMILES string of the molecule is CCOCCS(=O)(=O)N1CC[C@H]2CNC[C@H]21.